The van der Waals surface area contributed by atoms with Crippen LogP contribution in [0.1, 0.15) is 0 Å². The summed E-state index contributed by atoms with van der Waals surface area (Å²) in [5.74, 6) is -4.37. The number of hydrogen-bond donors (Lipinski definition) is 0. The summed E-state index contributed by atoms with van der Waals surface area (Å²) in [6, 6.07) is 4.11. The second-order valence-electron chi connectivity index (χ2n) is 5.65. The number of imide groups is 1. The van der Waals surface area contributed by atoms with Gasteiger partial charge in [-0.3, -0.25) is 9.59 Å². The molecule has 2 atom stereocenters. The molecule has 10 heteroatoms. The third-order valence-electron chi connectivity index (χ3n) is 4.11. The maximum atomic E-state index is 13.5. The van der Waals surface area contributed by atoms with Crippen molar-refractivity contribution in [1.29, 1.82) is 0 Å². The minimum Gasteiger partial charge on any atom is -0.271 e. The number of rotatable bonds is 2. The lowest BCUT2D eigenvalue weighted by molar-refractivity contribution is -0.121. The van der Waals surface area contributed by atoms with Gasteiger partial charge in [-0.15, -0.1) is 0 Å². The minimum atomic E-state index is -1.19. The van der Waals surface area contributed by atoms with Crippen molar-refractivity contribution >= 4 is 34.8 Å². The number of benzene rings is 2. The van der Waals surface area contributed by atoms with Gasteiger partial charge in [0.1, 0.15) is 5.82 Å². The Hall–Kier alpha value is -2.94. The topological polar surface area (TPSA) is 65.3 Å². The van der Waals surface area contributed by atoms with Crippen molar-refractivity contribution in [3.63, 3.8) is 0 Å². The lowest BCUT2D eigenvalue weighted by Crippen LogP contribution is -2.40. The highest BCUT2D eigenvalue weighted by Crippen LogP contribution is 2.36. The van der Waals surface area contributed by atoms with E-state index in [1.807, 2.05) is 0 Å². The number of fused-ring (bicyclic) bond motifs is 1. The zero-order valence-corrected chi connectivity index (χ0v) is 13.5. The Kier molecular flexibility index (Phi) is 3.69. The molecule has 0 saturated carbocycles. The minimum absolute atomic E-state index is 0.111. The molecular formula is C16H8ClF3N4O2. The van der Waals surface area contributed by atoms with E-state index in [1.165, 1.54) is 12.1 Å². The molecule has 2 unspecified atom stereocenters. The van der Waals surface area contributed by atoms with Crippen molar-refractivity contribution in [3.05, 3.63) is 58.9 Å². The molecule has 26 heavy (non-hydrogen) atoms. The zero-order valence-electron chi connectivity index (χ0n) is 12.7. The van der Waals surface area contributed by atoms with Crippen LogP contribution in [0.2, 0.25) is 5.02 Å². The van der Waals surface area contributed by atoms with Crippen molar-refractivity contribution in [2.24, 2.45) is 10.3 Å². The summed E-state index contributed by atoms with van der Waals surface area (Å²) in [6.45, 7) is 0. The largest absolute Gasteiger partial charge is 0.271 e. The van der Waals surface area contributed by atoms with Crippen LogP contribution in [0, 0.1) is 17.5 Å². The third kappa shape index (κ3) is 2.35. The molecule has 1 fully saturated rings. The number of halogens is 4. The fourth-order valence-corrected chi connectivity index (χ4v) is 3.05. The number of hydrogen-bond acceptors (Lipinski definition) is 5. The number of nitrogens with zero attached hydrogens (tertiary/aromatic N) is 4. The van der Waals surface area contributed by atoms with Crippen LogP contribution in [-0.2, 0) is 9.59 Å². The normalized spacial score (nSPS) is 21.7. The summed E-state index contributed by atoms with van der Waals surface area (Å²) in [6.07, 6.45) is 0. The quantitative estimate of drug-likeness (QED) is 0.751. The Morgan fingerprint density at radius 3 is 2.27 bits per heavy atom. The van der Waals surface area contributed by atoms with Gasteiger partial charge in [-0.05, 0) is 30.3 Å². The van der Waals surface area contributed by atoms with Crippen LogP contribution < -0.4 is 9.91 Å². The summed E-state index contributed by atoms with van der Waals surface area (Å²) in [5, 5.41) is 8.55. The van der Waals surface area contributed by atoms with Gasteiger partial charge in [0.15, 0.2) is 23.7 Å². The Labute approximate surface area is 149 Å². The Bertz CT molecular complexity index is 984. The average Bonchev–Trinajstić information content (AvgIpc) is 3.14. The highest BCUT2D eigenvalue weighted by atomic mass is 35.5. The molecular weight excluding hydrogens is 373 g/mol. The van der Waals surface area contributed by atoms with E-state index in [0.29, 0.717) is 0 Å². The van der Waals surface area contributed by atoms with Crippen molar-refractivity contribution in [2.75, 3.05) is 9.91 Å². The van der Waals surface area contributed by atoms with Crippen LogP contribution in [0.3, 0.4) is 0 Å². The molecule has 0 aromatic heterocycles. The van der Waals surface area contributed by atoms with E-state index < -0.39 is 41.3 Å². The van der Waals surface area contributed by atoms with Gasteiger partial charge in [0.25, 0.3) is 11.8 Å². The van der Waals surface area contributed by atoms with Gasteiger partial charge in [0, 0.05) is 6.07 Å². The summed E-state index contributed by atoms with van der Waals surface area (Å²) in [7, 11) is 0. The Morgan fingerprint density at radius 1 is 0.885 bits per heavy atom. The second kappa shape index (κ2) is 5.80. The third-order valence-corrected chi connectivity index (χ3v) is 4.40. The van der Waals surface area contributed by atoms with Crippen LogP contribution in [0.15, 0.2) is 46.7 Å². The van der Waals surface area contributed by atoms with Crippen LogP contribution in [0.25, 0.3) is 0 Å². The molecule has 2 amide bonds. The lowest BCUT2D eigenvalue weighted by atomic mass is 10.1. The second-order valence-corrected chi connectivity index (χ2v) is 6.06. The van der Waals surface area contributed by atoms with Crippen LogP contribution in [0.4, 0.5) is 24.5 Å². The van der Waals surface area contributed by atoms with Crippen molar-refractivity contribution in [1.82, 2.24) is 0 Å². The molecule has 6 nitrogen and oxygen atoms in total. The van der Waals surface area contributed by atoms with Crippen LogP contribution >= 0.6 is 11.6 Å². The van der Waals surface area contributed by atoms with Crippen molar-refractivity contribution in [3.8, 4) is 0 Å². The molecule has 0 N–H and O–H groups in total. The summed E-state index contributed by atoms with van der Waals surface area (Å²) in [5.41, 5.74) is 0.154. The summed E-state index contributed by atoms with van der Waals surface area (Å²) in [4.78, 5) is 26.0. The zero-order chi connectivity index (χ0) is 18.6. The first-order valence-electron chi connectivity index (χ1n) is 7.36. The van der Waals surface area contributed by atoms with E-state index in [9.17, 15) is 22.8 Å². The standard InChI is InChI=1S/C16H8ClF3N4O2/c17-9-5-8(2-3-10(9)18)24-14-13(21-22-24)15(25)23(16(14)26)7-1-4-11(19)12(20)6-7/h1-6,13-14H. The van der Waals surface area contributed by atoms with Gasteiger partial charge < -0.3 is 0 Å². The molecule has 2 aromatic carbocycles. The molecule has 2 heterocycles. The molecule has 2 aromatic rings. The summed E-state index contributed by atoms with van der Waals surface area (Å²) >= 11 is 5.74. The van der Waals surface area contributed by atoms with E-state index in [0.717, 1.165) is 34.2 Å². The first-order chi connectivity index (χ1) is 12.4. The first kappa shape index (κ1) is 16.5. The van der Waals surface area contributed by atoms with Gasteiger partial charge >= 0.3 is 0 Å². The number of carbonyl (C=O) groups is 2. The number of carbonyl (C=O) groups excluding carboxylic acids is 2. The average molecular weight is 381 g/mol. The van der Waals surface area contributed by atoms with Gasteiger partial charge in [-0.25, -0.2) is 23.1 Å². The van der Waals surface area contributed by atoms with E-state index in [1.54, 1.807) is 0 Å². The number of anilines is 2. The van der Waals surface area contributed by atoms with Crippen molar-refractivity contribution < 1.29 is 22.8 Å². The maximum absolute atomic E-state index is 13.5. The SMILES string of the molecule is O=C1C2N=NN(c3ccc(F)c(Cl)c3)C2C(=O)N1c1ccc(F)c(F)c1. The van der Waals surface area contributed by atoms with Crippen LogP contribution in [0.5, 0.6) is 0 Å². The molecule has 0 bridgehead atoms. The lowest BCUT2D eigenvalue weighted by Gasteiger charge is -2.20. The first-order valence-corrected chi connectivity index (χ1v) is 7.74. The predicted molar refractivity (Wildman–Crippen MR) is 85.2 cm³/mol. The molecule has 2 aliphatic rings. The monoisotopic (exact) mass is 380 g/mol. The van der Waals surface area contributed by atoms with E-state index in [4.69, 9.17) is 11.6 Å². The van der Waals surface area contributed by atoms with Crippen molar-refractivity contribution in [2.45, 2.75) is 12.1 Å². The Balaban J connectivity index is 1.71. The summed E-state index contributed by atoms with van der Waals surface area (Å²) < 4.78 is 39.9. The molecule has 0 aliphatic carbocycles. The maximum Gasteiger partial charge on any atom is 0.263 e. The molecule has 4 rings (SSSR count). The smallest absolute Gasteiger partial charge is 0.263 e. The van der Waals surface area contributed by atoms with Gasteiger partial charge in [0.2, 0.25) is 0 Å². The molecule has 1 saturated heterocycles. The van der Waals surface area contributed by atoms with E-state index >= 15 is 0 Å². The Morgan fingerprint density at radius 2 is 1.58 bits per heavy atom. The number of amides is 2. The fourth-order valence-electron chi connectivity index (χ4n) is 2.88. The van der Waals surface area contributed by atoms with Gasteiger partial charge in [-0.1, -0.05) is 16.8 Å². The van der Waals surface area contributed by atoms with Crippen LogP contribution in [-0.4, -0.2) is 23.9 Å². The highest BCUT2D eigenvalue weighted by Gasteiger charge is 2.55. The van der Waals surface area contributed by atoms with E-state index in [2.05, 4.69) is 10.3 Å². The predicted octanol–water partition coefficient (Wildman–Crippen LogP) is 3.26. The van der Waals surface area contributed by atoms with Gasteiger partial charge in [0.05, 0.1) is 16.4 Å². The molecule has 0 spiro atoms. The molecule has 132 valence electrons. The van der Waals surface area contributed by atoms with Gasteiger partial charge in [-0.2, -0.15) is 5.11 Å². The molecule has 2 aliphatic heterocycles. The highest BCUT2D eigenvalue weighted by molar-refractivity contribution is 6.31. The fraction of sp³-hybridized carbons (Fsp3) is 0.125. The molecule has 0 radical (unpaired) electrons. The van der Waals surface area contributed by atoms with E-state index in [-0.39, 0.29) is 16.4 Å².